The van der Waals surface area contributed by atoms with Crippen LogP contribution in [-0.4, -0.2) is 0 Å². The third-order valence-corrected chi connectivity index (χ3v) is 3.58. The number of benzene rings is 2. The Morgan fingerprint density at radius 2 is 1.84 bits per heavy atom. The van der Waals surface area contributed by atoms with E-state index in [2.05, 4.69) is 26.0 Å². The van der Waals surface area contributed by atoms with Gasteiger partial charge in [-0.25, -0.2) is 0 Å². The molecule has 0 saturated heterocycles. The summed E-state index contributed by atoms with van der Waals surface area (Å²) in [6.45, 7) is 4.39. The van der Waals surface area contributed by atoms with Crippen LogP contribution in [0.2, 0.25) is 5.02 Å². The summed E-state index contributed by atoms with van der Waals surface area (Å²) in [4.78, 5) is 0. The van der Waals surface area contributed by atoms with E-state index in [1.54, 1.807) is 18.2 Å². The number of halogens is 1. The highest BCUT2D eigenvalue weighted by Gasteiger charge is 2.08. The van der Waals surface area contributed by atoms with Gasteiger partial charge < -0.3 is 10.5 Å². The predicted octanol–water partition coefficient (Wildman–Crippen LogP) is 5.23. The normalized spacial score (nSPS) is 12.2. The maximum Gasteiger partial charge on any atom is 0.168 e. The first-order valence-electron chi connectivity index (χ1n) is 6.43. The number of nitrogen functional groups attached to an aromatic ring is 1. The number of para-hydroxylation sites is 1. The van der Waals surface area contributed by atoms with Crippen LogP contribution in [0.4, 0.5) is 5.69 Å². The second kappa shape index (κ2) is 5.98. The molecule has 2 aromatic rings. The monoisotopic (exact) mass is 275 g/mol. The van der Waals surface area contributed by atoms with Crippen molar-refractivity contribution in [3.8, 4) is 11.5 Å². The van der Waals surface area contributed by atoms with E-state index in [0.717, 1.165) is 12.2 Å². The first kappa shape index (κ1) is 13.8. The average Bonchev–Trinajstić information content (AvgIpc) is 2.43. The maximum atomic E-state index is 6.08. The molecule has 0 amide bonds. The van der Waals surface area contributed by atoms with Crippen LogP contribution in [0.1, 0.15) is 31.7 Å². The Bertz CT molecular complexity index is 531. The summed E-state index contributed by atoms with van der Waals surface area (Å²) in [6, 6.07) is 13.4. The summed E-state index contributed by atoms with van der Waals surface area (Å²) < 4.78 is 5.75. The molecule has 3 heteroatoms. The van der Waals surface area contributed by atoms with Gasteiger partial charge in [0.05, 0.1) is 10.7 Å². The molecule has 1 atom stereocenters. The molecule has 0 aromatic heterocycles. The number of anilines is 1. The van der Waals surface area contributed by atoms with E-state index < -0.39 is 0 Å². The summed E-state index contributed by atoms with van der Waals surface area (Å²) in [5, 5.41) is 0.519. The highest BCUT2D eigenvalue weighted by Crippen LogP contribution is 2.35. The molecule has 0 heterocycles. The van der Waals surface area contributed by atoms with E-state index in [0.29, 0.717) is 22.4 Å². The zero-order chi connectivity index (χ0) is 13.8. The van der Waals surface area contributed by atoms with Gasteiger partial charge in [0.25, 0.3) is 0 Å². The molecule has 0 bridgehead atoms. The lowest BCUT2D eigenvalue weighted by Gasteiger charge is -2.12. The zero-order valence-electron chi connectivity index (χ0n) is 11.2. The van der Waals surface area contributed by atoms with Crippen molar-refractivity contribution >= 4 is 17.3 Å². The zero-order valence-corrected chi connectivity index (χ0v) is 11.9. The molecule has 0 aliphatic heterocycles. The Balaban J connectivity index is 2.20. The van der Waals surface area contributed by atoms with Gasteiger partial charge in [-0.3, -0.25) is 0 Å². The van der Waals surface area contributed by atoms with Crippen molar-refractivity contribution in [1.82, 2.24) is 0 Å². The molecule has 0 aliphatic rings. The van der Waals surface area contributed by atoms with Crippen LogP contribution in [-0.2, 0) is 0 Å². The second-order valence-electron chi connectivity index (χ2n) is 4.64. The van der Waals surface area contributed by atoms with Crippen LogP contribution in [0.5, 0.6) is 11.5 Å². The summed E-state index contributed by atoms with van der Waals surface area (Å²) >= 11 is 6.08. The Morgan fingerprint density at radius 1 is 1.16 bits per heavy atom. The van der Waals surface area contributed by atoms with Gasteiger partial charge in [-0.15, -0.1) is 0 Å². The molecular formula is C16H18ClNO. The highest BCUT2D eigenvalue weighted by molar-refractivity contribution is 6.32. The van der Waals surface area contributed by atoms with Crippen LogP contribution in [0.3, 0.4) is 0 Å². The van der Waals surface area contributed by atoms with Gasteiger partial charge in [-0.05, 0) is 42.2 Å². The summed E-state index contributed by atoms with van der Waals surface area (Å²) in [7, 11) is 0. The fourth-order valence-electron chi connectivity index (χ4n) is 1.85. The van der Waals surface area contributed by atoms with Crippen molar-refractivity contribution in [2.75, 3.05) is 5.73 Å². The van der Waals surface area contributed by atoms with Crippen molar-refractivity contribution in [3.05, 3.63) is 53.1 Å². The molecule has 2 rings (SSSR count). The number of ether oxygens (including phenoxy) is 1. The predicted molar refractivity (Wildman–Crippen MR) is 81.1 cm³/mol. The van der Waals surface area contributed by atoms with Crippen molar-refractivity contribution < 1.29 is 4.74 Å². The lowest BCUT2D eigenvalue weighted by Crippen LogP contribution is -1.94. The molecule has 0 radical (unpaired) electrons. The van der Waals surface area contributed by atoms with Crippen molar-refractivity contribution in [3.63, 3.8) is 0 Å². The Hall–Kier alpha value is -1.67. The molecule has 100 valence electrons. The third kappa shape index (κ3) is 3.21. The molecule has 0 unspecified atom stereocenters. The average molecular weight is 276 g/mol. The minimum atomic E-state index is 0.514. The second-order valence-corrected chi connectivity index (χ2v) is 5.05. The molecule has 2 nitrogen and oxygen atoms in total. The first-order chi connectivity index (χ1) is 9.11. The molecule has 19 heavy (non-hydrogen) atoms. The van der Waals surface area contributed by atoms with Crippen molar-refractivity contribution in [2.45, 2.75) is 26.2 Å². The SMILES string of the molecule is CC[C@H](C)c1ccc(Oc2c(N)cccc2Cl)cc1. The summed E-state index contributed by atoms with van der Waals surface area (Å²) in [5.74, 6) is 1.81. The largest absolute Gasteiger partial charge is 0.454 e. The molecular weight excluding hydrogens is 258 g/mol. The molecule has 0 spiro atoms. The van der Waals surface area contributed by atoms with Gasteiger partial charge >= 0.3 is 0 Å². The minimum Gasteiger partial charge on any atom is -0.454 e. The van der Waals surface area contributed by atoms with E-state index in [1.165, 1.54) is 5.56 Å². The fourth-order valence-corrected chi connectivity index (χ4v) is 2.07. The van der Waals surface area contributed by atoms with Crippen molar-refractivity contribution in [1.29, 1.82) is 0 Å². The summed E-state index contributed by atoms with van der Waals surface area (Å²) in [6.07, 6.45) is 1.12. The van der Waals surface area contributed by atoms with Crippen LogP contribution in [0.25, 0.3) is 0 Å². The topological polar surface area (TPSA) is 35.2 Å². The quantitative estimate of drug-likeness (QED) is 0.776. The Morgan fingerprint density at radius 3 is 2.42 bits per heavy atom. The van der Waals surface area contributed by atoms with E-state index >= 15 is 0 Å². The number of nitrogens with two attached hydrogens (primary N) is 1. The van der Waals surface area contributed by atoms with E-state index in [4.69, 9.17) is 22.1 Å². The molecule has 2 N–H and O–H groups in total. The van der Waals surface area contributed by atoms with Gasteiger partial charge in [-0.1, -0.05) is 43.6 Å². The number of hydrogen-bond donors (Lipinski definition) is 1. The van der Waals surface area contributed by atoms with Crippen molar-refractivity contribution in [2.24, 2.45) is 0 Å². The molecule has 0 aliphatic carbocycles. The van der Waals surface area contributed by atoms with Gasteiger partial charge in [0.1, 0.15) is 5.75 Å². The van der Waals surface area contributed by atoms with Gasteiger partial charge in [0, 0.05) is 0 Å². The van der Waals surface area contributed by atoms with Gasteiger partial charge in [0.2, 0.25) is 0 Å². The standard InChI is InChI=1S/C16H18ClNO/c1-3-11(2)12-7-9-13(10-8-12)19-16-14(17)5-4-6-15(16)18/h4-11H,3,18H2,1-2H3/t11-/m0/s1. The summed E-state index contributed by atoms with van der Waals surface area (Å²) in [5.41, 5.74) is 7.71. The lowest BCUT2D eigenvalue weighted by molar-refractivity contribution is 0.485. The van der Waals surface area contributed by atoms with E-state index in [9.17, 15) is 0 Å². The Labute approximate surface area is 119 Å². The third-order valence-electron chi connectivity index (χ3n) is 3.28. The first-order valence-corrected chi connectivity index (χ1v) is 6.81. The van der Waals surface area contributed by atoms with Gasteiger partial charge in [0.15, 0.2) is 5.75 Å². The lowest BCUT2D eigenvalue weighted by atomic mass is 9.99. The van der Waals surface area contributed by atoms with Crippen LogP contribution in [0.15, 0.2) is 42.5 Å². The van der Waals surface area contributed by atoms with Crippen LogP contribution in [0, 0.1) is 0 Å². The van der Waals surface area contributed by atoms with Crippen LogP contribution >= 0.6 is 11.6 Å². The highest BCUT2D eigenvalue weighted by atomic mass is 35.5. The van der Waals surface area contributed by atoms with Gasteiger partial charge in [-0.2, -0.15) is 0 Å². The Kier molecular flexibility index (Phi) is 4.33. The maximum absolute atomic E-state index is 6.08. The molecule has 0 fully saturated rings. The van der Waals surface area contributed by atoms with E-state index in [-0.39, 0.29) is 0 Å². The fraction of sp³-hybridized carbons (Fsp3) is 0.250. The van der Waals surface area contributed by atoms with Crippen LogP contribution < -0.4 is 10.5 Å². The number of rotatable bonds is 4. The van der Waals surface area contributed by atoms with E-state index in [1.807, 2.05) is 12.1 Å². The minimum absolute atomic E-state index is 0.514. The number of hydrogen-bond acceptors (Lipinski definition) is 2. The molecule has 0 saturated carbocycles. The smallest absolute Gasteiger partial charge is 0.168 e. The molecule has 2 aromatic carbocycles.